The summed E-state index contributed by atoms with van der Waals surface area (Å²) in [5.74, 6) is 1.41. The van der Waals surface area contributed by atoms with Crippen molar-refractivity contribution in [3.63, 3.8) is 0 Å². The van der Waals surface area contributed by atoms with Crippen LogP contribution < -0.4 is 9.80 Å². The summed E-state index contributed by atoms with van der Waals surface area (Å²) < 4.78 is 0. The van der Waals surface area contributed by atoms with Crippen molar-refractivity contribution in [3.8, 4) is 0 Å². The zero-order chi connectivity index (χ0) is 36.8. The van der Waals surface area contributed by atoms with Gasteiger partial charge in [0.2, 0.25) is 0 Å². The minimum atomic E-state index is -0.346. The standard InChI is InChI=1S/C46H59N2P.2ClH.Ru/c1-32-27-34(3)44(35(4)28-32)47-25-26-48(45-36(5)29-33(2)30-37(45)6)46(47)43-39(31-38-17-10-7-11-18-38)19-16-24-42(43)49(40-20-12-8-13-21-40)41-22-14-9-15-23-41;;;/h7,10-11,17-18,25-31,40-42H,8-9,12-16,19-24H2,1-6H3;2*1H;/q;;;+2/p-2. The van der Waals surface area contributed by atoms with E-state index in [0.29, 0.717) is 5.66 Å². The zero-order valence-electron chi connectivity index (χ0n) is 32.3. The summed E-state index contributed by atoms with van der Waals surface area (Å²) in [7, 11) is 9.54. The summed E-state index contributed by atoms with van der Waals surface area (Å²) in [6.07, 6.45) is 25.6. The van der Waals surface area contributed by atoms with E-state index < -0.39 is 0 Å². The third kappa shape index (κ3) is 8.97. The van der Waals surface area contributed by atoms with Crippen molar-refractivity contribution >= 4 is 44.8 Å². The molecular formula is C46H59Cl2N2PRu. The van der Waals surface area contributed by atoms with Crippen molar-refractivity contribution < 1.29 is 15.1 Å². The van der Waals surface area contributed by atoms with Crippen LogP contribution in [-0.2, 0) is 15.1 Å². The molecule has 52 heavy (non-hydrogen) atoms. The first-order valence-electron chi connectivity index (χ1n) is 19.8. The summed E-state index contributed by atoms with van der Waals surface area (Å²) in [5, 5.41) is 0. The molecule has 0 radical (unpaired) electrons. The van der Waals surface area contributed by atoms with Crippen LogP contribution in [0.5, 0.6) is 0 Å². The first-order chi connectivity index (χ1) is 25.2. The molecular weight excluding hydrogens is 783 g/mol. The number of aryl methyl sites for hydroxylation is 6. The van der Waals surface area contributed by atoms with E-state index in [9.17, 15) is 0 Å². The van der Waals surface area contributed by atoms with Crippen molar-refractivity contribution in [1.82, 2.24) is 0 Å². The monoisotopic (exact) mass is 842 g/mol. The number of nitrogens with zero attached hydrogens (tertiary/aromatic N) is 2. The van der Waals surface area contributed by atoms with Gasteiger partial charge in [0, 0.05) is 23.6 Å². The van der Waals surface area contributed by atoms with Gasteiger partial charge in [0.05, 0.1) is 11.4 Å². The van der Waals surface area contributed by atoms with Crippen molar-refractivity contribution in [2.45, 2.75) is 142 Å². The molecule has 3 saturated carbocycles. The number of halogens is 2. The second kappa shape index (κ2) is 18.6. The van der Waals surface area contributed by atoms with Gasteiger partial charge in [-0.15, -0.1) is 0 Å². The van der Waals surface area contributed by atoms with Crippen molar-refractivity contribution in [3.05, 3.63) is 123 Å². The van der Waals surface area contributed by atoms with E-state index >= 15 is 0 Å². The van der Waals surface area contributed by atoms with Gasteiger partial charge in [0.25, 0.3) is 0 Å². The Morgan fingerprint density at radius 2 is 1.06 bits per heavy atom. The Bertz CT molecular complexity index is 1640. The van der Waals surface area contributed by atoms with Crippen LogP contribution in [0, 0.1) is 41.5 Å². The molecule has 7 rings (SSSR count). The van der Waals surface area contributed by atoms with E-state index in [1.807, 2.05) is 0 Å². The SMILES string of the molecule is Cc1cc(C)c(N2C=CN(c3c(C)cc(C)cc3C)C2=C2C(=Cc3ccccc3)CCCC2P(C2CCCCC2)C2CCCCC2)c(C)c1.[Cl][Ru][Cl]. The Morgan fingerprint density at radius 3 is 1.50 bits per heavy atom. The molecule has 3 fully saturated rings. The van der Waals surface area contributed by atoms with E-state index in [4.69, 9.17) is 19.4 Å². The zero-order valence-corrected chi connectivity index (χ0v) is 36.4. The Hall–Kier alpha value is -1.89. The fraction of sp³-hybridized carbons (Fsp3) is 0.478. The van der Waals surface area contributed by atoms with E-state index in [1.165, 1.54) is 133 Å². The number of hydrogen-bond donors (Lipinski definition) is 0. The quantitative estimate of drug-likeness (QED) is 0.180. The molecule has 3 aromatic rings. The molecule has 0 aromatic heterocycles. The van der Waals surface area contributed by atoms with E-state index in [0.717, 1.165) is 17.7 Å². The van der Waals surface area contributed by atoms with Crippen LogP contribution in [0.3, 0.4) is 0 Å². The number of benzene rings is 3. The first kappa shape index (κ1) is 39.8. The van der Waals surface area contributed by atoms with Crippen LogP contribution >= 0.6 is 27.3 Å². The van der Waals surface area contributed by atoms with Gasteiger partial charge in [-0.1, -0.05) is 118 Å². The molecule has 2 nitrogen and oxygen atoms in total. The third-order valence-electron chi connectivity index (χ3n) is 11.9. The second-order valence-corrected chi connectivity index (χ2v) is 21.5. The topological polar surface area (TPSA) is 6.48 Å². The Kier molecular flexibility index (Phi) is 14.3. The molecule has 280 valence electrons. The molecule has 1 unspecified atom stereocenters. The van der Waals surface area contributed by atoms with Crippen LogP contribution in [0.25, 0.3) is 6.08 Å². The van der Waals surface area contributed by atoms with Gasteiger partial charge < -0.3 is 9.80 Å². The average molecular weight is 843 g/mol. The first-order valence-corrected chi connectivity index (χ1v) is 25.8. The molecule has 0 amide bonds. The van der Waals surface area contributed by atoms with Crippen LogP contribution in [0.15, 0.2) is 84.0 Å². The molecule has 1 atom stereocenters. The molecule has 3 aromatic carbocycles. The van der Waals surface area contributed by atoms with Gasteiger partial charge in [0.15, 0.2) is 0 Å². The number of rotatable bonds is 6. The normalized spacial score (nSPS) is 21.0. The Labute approximate surface area is 332 Å². The van der Waals surface area contributed by atoms with E-state index in [-0.39, 0.29) is 23.1 Å². The van der Waals surface area contributed by atoms with Gasteiger partial charge in [-0.05, 0) is 131 Å². The summed E-state index contributed by atoms with van der Waals surface area (Å²) in [5.41, 5.74) is 17.9. The molecule has 3 aliphatic carbocycles. The van der Waals surface area contributed by atoms with Gasteiger partial charge >= 0.3 is 34.5 Å². The van der Waals surface area contributed by atoms with Crippen LogP contribution in [0.1, 0.15) is 122 Å². The van der Waals surface area contributed by atoms with Crippen molar-refractivity contribution in [2.24, 2.45) is 0 Å². The molecule has 0 N–H and O–H groups in total. The molecule has 0 saturated heterocycles. The second-order valence-electron chi connectivity index (χ2n) is 15.8. The van der Waals surface area contributed by atoms with E-state index in [2.05, 4.69) is 124 Å². The molecule has 6 heteroatoms. The third-order valence-corrected chi connectivity index (χ3v) is 15.9. The number of allylic oxidation sites excluding steroid dienone is 2. The van der Waals surface area contributed by atoms with Crippen LogP contribution in [0.4, 0.5) is 11.4 Å². The molecule has 4 aliphatic rings. The minimum absolute atomic E-state index is 0.168. The Balaban J connectivity index is 0.00000150. The van der Waals surface area contributed by atoms with Crippen molar-refractivity contribution in [1.29, 1.82) is 0 Å². The van der Waals surface area contributed by atoms with Crippen LogP contribution in [0.2, 0.25) is 0 Å². The summed E-state index contributed by atoms with van der Waals surface area (Å²) >= 11 is -0.346. The summed E-state index contributed by atoms with van der Waals surface area (Å²) in [6.45, 7) is 13.8. The van der Waals surface area contributed by atoms with E-state index in [1.54, 1.807) is 11.1 Å². The van der Waals surface area contributed by atoms with Crippen LogP contribution in [-0.4, -0.2) is 17.0 Å². The number of anilines is 2. The maximum absolute atomic E-state index is 4.85. The maximum atomic E-state index is 4.85. The molecule has 0 spiro atoms. The van der Waals surface area contributed by atoms with Crippen molar-refractivity contribution in [2.75, 3.05) is 9.80 Å². The fourth-order valence-electron chi connectivity index (χ4n) is 10.2. The fourth-order valence-corrected chi connectivity index (χ4v) is 14.7. The van der Waals surface area contributed by atoms with Gasteiger partial charge in [-0.25, -0.2) is 0 Å². The number of hydrogen-bond acceptors (Lipinski definition) is 2. The molecule has 1 aliphatic heterocycles. The Morgan fingerprint density at radius 1 is 0.615 bits per heavy atom. The van der Waals surface area contributed by atoms with Gasteiger partial charge in [-0.3, -0.25) is 0 Å². The van der Waals surface area contributed by atoms with Gasteiger partial charge in [0.1, 0.15) is 5.82 Å². The predicted molar refractivity (Wildman–Crippen MR) is 227 cm³/mol. The summed E-state index contributed by atoms with van der Waals surface area (Å²) in [4.78, 5) is 5.26. The van der Waals surface area contributed by atoms with Gasteiger partial charge in [-0.2, -0.15) is 0 Å². The molecule has 0 bridgehead atoms. The molecule has 1 heterocycles. The predicted octanol–water partition coefficient (Wildman–Crippen LogP) is 14.7. The summed E-state index contributed by atoms with van der Waals surface area (Å²) in [6, 6.07) is 20.8. The average Bonchev–Trinajstić information content (AvgIpc) is 3.52.